The summed E-state index contributed by atoms with van der Waals surface area (Å²) >= 11 is 0. The maximum Gasteiger partial charge on any atom is 0.417 e. The van der Waals surface area contributed by atoms with Gasteiger partial charge in [0.1, 0.15) is 11.6 Å². The fourth-order valence-corrected chi connectivity index (χ4v) is 3.22. The predicted octanol–water partition coefficient (Wildman–Crippen LogP) is 6.49. The van der Waals surface area contributed by atoms with Crippen molar-refractivity contribution in [3.8, 4) is 11.4 Å². The van der Waals surface area contributed by atoms with Crippen LogP contribution < -0.4 is 5.32 Å². The zero-order valence-electron chi connectivity index (χ0n) is 17.4. The minimum Gasteiger partial charge on any atom is -0.325 e. The molecule has 1 N–H and O–H groups in total. The lowest BCUT2D eigenvalue weighted by atomic mass is 10.0. The molecule has 0 bridgehead atoms. The molecule has 0 aliphatic carbocycles. The Morgan fingerprint density at radius 3 is 2.65 bits per heavy atom. The van der Waals surface area contributed by atoms with Gasteiger partial charge in [0, 0.05) is 18.0 Å². The average Bonchev–Trinajstić information content (AvgIpc) is 2.76. The number of hydrogen-bond acceptors (Lipinski definition) is 5. The summed E-state index contributed by atoms with van der Waals surface area (Å²) in [5.74, 6) is 0.904. The Balaban J connectivity index is 2.02. The second-order valence-electron chi connectivity index (χ2n) is 7.12. The summed E-state index contributed by atoms with van der Waals surface area (Å²) < 4.78 is 40.5. The molecule has 0 fully saturated rings. The van der Waals surface area contributed by atoms with Gasteiger partial charge in [-0.3, -0.25) is 0 Å². The molecule has 0 aliphatic rings. The molecule has 1 atom stereocenters. The lowest BCUT2D eigenvalue weighted by molar-refractivity contribution is -0.137. The average molecular weight is 427 g/mol. The van der Waals surface area contributed by atoms with Crippen LogP contribution in [0.3, 0.4) is 0 Å². The van der Waals surface area contributed by atoms with Gasteiger partial charge >= 0.3 is 6.18 Å². The molecule has 0 aliphatic heterocycles. The van der Waals surface area contributed by atoms with Crippen LogP contribution in [0.25, 0.3) is 22.4 Å². The first kappa shape index (κ1) is 22.4. The van der Waals surface area contributed by atoms with E-state index < -0.39 is 11.7 Å². The van der Waals surface area contributed by atoms with Crippen LogP contribution in [-0.2, 0) is 6.18 Å². The molecule has 2 heterocycles. The Kier molecular flexibility index (Phi) is 6.99. The molecule has 0 radical (unpaired) electrons. The van der Waals surface area contributed by atoms with Crippen molar-refractivity contribution in [3.05, 3.63) is 60.6 Å². The van der Waals surface area contributed by atoms with Gasteiger partial charge in [0.05, 0.1) is 10.9 Å². The molecule has 0 saturated carbocycles. The predicted molar refractivity (Wildman–Crippen MR) is 118 cm³/mol. The van der Waals surface area contributed by atoms with Crippen LogP contribution in [0, 0.1) is 5.92 Å². The van der Waals surface area contributed by atoms with Crippen molar-refractivity contribution in [3.63, 3.8) is 0 Å². The van der Waals surface area contributed by atoms with Crippen LogP contribution in [0.1, 0.15) is 38.7 Å². The molecule has 5 nitrogen and oxygen atoms in total. The largest absolute Gasteiger partial charge is 0.417 e. The molecule has 8 heteroatoms. The number of nitrogens with one attached hydrogen (secondary N) is 1. The van der Waals surface area contributed by atoms with Crippen molar-refractivity contribution in [2.24, 2.45) is 10.9 Å². The summed E-state index contributed by atoms with van der Waals surface area (Å²) in [7, 11) is 0. The van der Waals surface area contributed by atoms with Crippen molar-refractivity contribution in [1.29, 1.82) is 0 Å². The molecule has 162 valence electrons. The van der Waals surface area contributed by atoms with Crippen LogP contribution in [-0.4, -0.2) is 21.2 Å². The smallest absolute Gasteiger partial charge is 0.325 e. The number of aliphatic imine (C=N–C) groups is 1. The van der Waals surface area contributed by atoms with E-state index >= 15 is 0 Å². The van der Waals surface area contributed by atoms with Crippen LogP contribution in [0.4, 0.5) is 19.0 Å². The van der Waals surface area contributed by atoms with Crippen molar-refractivity contribution in [1.82, 2.24) is 15.0 Å². The molecular formula is C23H24F3N5. The van der Waals surface area contributed by atoms with Gasteiger partial charge in [0.15, 0.2) is 11.5 Å². The Morgan fingerprint density at radius 1 is 1.16 bits per heavy atom. The van der Waals surface area contributed by atoms with Crippen LogP contribution in [0.2, 0.25) is 0 Å². The summed E-state index contributed by atoms with van der Waals surface area (Å²) in [5.41, 5.74) is -0.645. The number of halogens is 3. The fraction of sp³-hybridized carbons (Fsp3) is 0.304. The van der Waals surface area contributed by atoms with E-state index in [0.29, 0.717) is 22.9 Å². The number of anilines is 1. The van der Waals surface area contributed by atoms with Gasteiger partial charge < -0.3 is 5.32 Å². The lowest BCUT2D eigenvalue weighted by Gasteiger charge is -2.14. The van der Waals surface area contributed by atoms with E-state index in [2.05, 4.69) is 45.7 Å². The molecule has 2 aromatic heterocycles. The minimum atomic E-state index is -4.53. The number of pyridine rings is 1. The molecule has 0 saturated heterocycles. The molecule has 3 rings (SSSR count). The summed E-state index contributed by atoms with van der Waals surface area (Å²) in [5, 5.41) is 3.57. The molecular weight excluding hydrogens is 403 g/mol. The minimum absolute atomic E-state index is 0.0733. The number of alkyl halides is 3. The Bertz CT molecular complexity index is 1090. The summed E-state index contributed by atoms with van der Waals surface area (Å²) in [6.07, 6.45) is 1.88. The van der Waals surface area contributed by atoms with E-state index in [0.717, 1.165) is 25.3 Å². The number of nitrogens with zero attached hydrogens (tertiary/aromatic N) is 4. The number of hydrogen-bond donors (Lipinski definition) is 1. The number of rotatable bonds is 8. The number of benzene rings is 1. The third kappa shape index (κ3) is 5.45. The molecule has 3 aromatic rings. The van der Waals surface area contributed by atoms with Crippen molar-refractivity contribution < 1.29 is 13.2 Å². The summed E-state index contributed by atoms with van der Waals surface area (Å²) in [4.78, 5) is 17.2. The van der Waals surface area contributed by atoms with Crippen molar-refractivity contribution >= 4 is 23.1 Å². The SMILES string of the molecule is C=C(N=CC(CC)CCC)Nc1nc(-c2ccccc2C(F)(F)F)nc2ncccc12. The van der Waals surface area contributed by atoms with Crippen LogP contribution >= 0.6 is 0 Å². The highest BCUT2D eigenvalue weighted by Crippen LogP contribution is 2.36. The summed E-state index contributed by atoms with van der Waals surface area (Å²) in [6, 6.07) is 8.66. The molecule has 0 spiro atoms. The Labute approximate surface area is 179 Å². The van der Waals surface area contributed by atoms with Crippen molar-refractivity contribution in [2.45, 2.75) is 39.3 Å². The van der Waals surface area contributed by atoms with Gasteiger partial charge in [-0.2, -0.15) is 13.2 Å². The van der Waals surface area contributed by atoms with E-state index in [1.165, 1.54) is 24.4 Å². The Morgan fingerprint density at radius 2 is 1.94 bits per heavy atom. The lowest BCUT2D eigenvalue weighted by Crippen LogP contribution is -2.09. The number of aromatic nitrogens is 3. The summed E-state index contributed by atoms with van der Waals surface area (Å²) in [6.45, 7) is 8.12. The molecule has 1 aromatic carbocycles. The monoisotopic (exact) mass is 427 g/mol. The normalized spacial score (nSPS) is 12.9. The topological polar surface area (TPSA) is 63.1 Å². The first-order valence-corrected chi connectivity index (χ1v) is 10.1. The van der Waals surface area contributed by atoms with Gasteiger partial charge in [-0.25, -0.2) is 19.9 Å². The zero-order valence-corrected chi connectivity index (χ0v) is 17.4. The maximum atomic E-state index is 13.5. The van der Waals surface area contributed by atoms with Gasteiger partial charge in [-0.05, 0) is 37.0 Å². The highest BCUT2D eigenvalue weighted by atomic mass is 19.4. The third-order valence-electron chi connectivity index (χ3n) is 4.83. The van der Waals surface area contributed by atoms with E-state index in [1.807, 2.05) is 6.21 Å². The first-order chi connectivity index (χ1) is 14.8. The second kappa shape index (κ2) is 9.68. The van der Waals surface area contributed by atoms with Gasteiger partial charge in [0.2, 0.25) is 0 Å². The van der Waals surface area contributed by atoms with E-state index in [4.69, 9.17) is 0 Å². The highest BCUT2D eigenvalue weighted by Gasteiger charge is 2.34. The fourth-order valence-electron chi connectivity index (χ4n) is 3.22. The first-order valence-electron chi connectivity index (χ1n) is 10.1. The van der Waals surface area contributed by atoms with Crippen molar-refractivity contribution in [2.75, 3.05) is 5.32 Å². The molecule has 1 unspecified atom stereocenters. The van der Waals surface area contributed by atoms with E-state index in [1.54, 1.807) is 12.1 Å². The van der Waals surface area contributed by atoms with Gasteiger partial charge in [-0.15, -0.1) is 0 Å². The van der Waals surface area contributed by atoms with E-state index in [-0.39, 0.29) is 17.0 Å². The van der Waals surface area contributed by atoms with E-state index in [9.17, 15) is 13.2 Å². The third-order valence-corrected chi connectivity index (χ3v) is 4.83. The highest BCUT2D eigenvalue weighted by molar-refractivity contribution is 5.89. The number of fused-ring (bicyclic) bond motifs is 1. The quantitative estimate of drug-likeness (QED) is 0.417. The standard InChI is InChI=1S/C23H24F3N5/c1-4-9-16(5-2)14-28-15(3)29-22-18-11-8-13-27-20(18)30-21(31-22)17-10-6-7-12-19(17)23(24,25)26/h6-8,10-14,16H,3-5,9H2,1-2H3,(H,27,29,30,31). The molecule has 31 heavy (non-hydrogen) atoms. The second-order valence-corrected chi connectivity index (χ2v) is 7.12. The zero-order chi connectivity index (χ0) is 22.4. The molecule has 0 amide bonds. The maximum absolute atomic E-state index is 13.5. The van der Waals surface area contributed by atoms with Gasteiger partial charge in [0.25, 0.3) is 0 Å². The van der Waals surface area contributed by atoms with Gasteiger partial charge in [-0.1, -0.05) is 45.0 Å². The van der Waals surface area contributed by atoms with Crippen LogP contribution in [0.5, 0.6) is 0 Å². The van der Waals surface area contributed by atoms with Crippen LogP contribution in [0.15, 0.2) is 60.0 Å². The Hall–Kier alpha value is -3.29.